The number of rotatable bonds is 2. The van der Waals surface area contributed by atoms with Gasteiger partial charge in [0.1, 0.15) is 5.52 Å². The first-order valence-corrected chi connectivity index (χ1v) is 5.71. The van der Waals surface area contributed by atoms with Crippen molar-refractivity contribution in [2.75, 3.05) is 26.2 Å². The number of hydrogen-bond donors (Lipinski definition) is 0. The lowest BCUT2D eigenvalue weighted by molar-refractivity contribution is 0.358. The lowest BCUT2D eigenvalue weighted by Gasteiger charge is -2.23. The van der Waals surface area contributed by atoms with Crippen LogP contribution in [0.15, 0.2) is 24.5 Å². The van der Waals surface area contributed by atoms with Gasteiger partial charge in [0.05, 0.1) is 19.9 Å². The van der Waals surface area contributed by atoms with Crippen LogP contribution in [-0.4, -0.2) is 26.3 Å². The van der Waals surface area contributed by atoms with E-state index in [1.807, 2.05) is 25.4 Å². The van der Waals surface area contributed by atoms with Crippen molar-refractivity contribution in [1.29, 1.82) is 0 Å². The van der Waals surface area contributed by atoms with Crippen LogP contribution >= 0.6 is 0 Å². The molecule has 0 spiro atoms. The molecule has 0 aliphatic carbocycles. The van der Waals surface area contributed by atoms with E-state index in [1.165, 1.54) is 0 Å². The Morgan fingerprint density at radius 2 is 2.06 bits per heavy atom. The molecule has 0 unspecified atom stereocenters. The molecule has 1 aliphatic heterocycles. The fourth-order valence-corrected chi connectivity index (χ4v) is 2.35. The second-order valence-electron chi connectivity index (χ2n) is 4.18. The second kappa shape index (κ2) is 3.91. The molecule has 92 valence electrons. The van der Waals surface area contributed by atoms with Crippen molar-refractivity contribution in [2.24, 2.45) is 0 Å². The van der Waals surface area contributed by atoms with Gasteiger partial charge in [0, 0.05) is 24.8 Å². The maximum Gasteiger partial charge on any atom is 0.187 e. The van der Waals surface area contributed by atoms with Crippen molar-refractivity contribution in [2.45, 2.75) is 0 Å². The van der Waals surface area contributed by atoms with Gasteiger partial charge in [-0.25, -0.2) is 0 Å². The van der Waals surface area contributed by atoms with E-state index < -0.39 is 0 Å². The number of hydrogen-bond acceptors (Lipinski definition) is 4. The van der Waals surface area contributed by atoms with Gasteiger partial charge in [0.2, 0.25) is 0 Å². The molecule has 0 bridgehead atoms. The lowest BCUT2D eigenvalue weighted by atomic mass is 10.0. The van der Waals surface area contributed by atoms with E-state index in [0.29, 0.717) is 11.5 Å². The molecule has 0 amide bonds. The molecule has 1 aromatic carbocycles. The van der Waals surface area contributed by atoms with Gasteiger partial charge in [-0.05, 0) is 23.8 Å². The van der Waals surface area contributed by atoms with E-state index in [4.69, 9.17) is 9.47 Å². The number of methoxy groups -OCH3 is 2. The summed E-state index contributed by atoms with van der Waals surface area (Å²) in [5, 5.41) is 1.10. The summed E-state index contributed by atoms with van der Waals surface area (Å²) in [6.45, 7) is 0. The predicted molar refractivity (Wildman–Crippen MR) is 72.3 cm³/mol. The van der Waals surface area contributed by atoms with E-state index >= 15 is 0 Å². The Morgan fingerprint density at radius 1 is 1.22 bits per heavy atom. The van der Waals surface area contributed by atoms with Gasteiger partial charge < -0.3 is 14.4 Å². The molecule has 2 aromatic rings. The van der Waals surface area contributed by atoms with E-state index in [9.17, 15) is 0 Å². The maximum atomic E-state index is 5.43. The number of benzene rings is 1. The lowest BCUT2D eigenvalue weighted by Crippen LogP contribution is -2.12. The first kappa shape index (κ1) is 10.9. The fourth-order valence-electron chi connectivity index (χ4n) is 2.35. The topological polar surface area (TPSA) is 34.6 Å². The predicted octanol–water partition coefficient (Wildman–Crippen LogP) is 2.67. The third kappa shape index (κ3) is 1.35. The van der Waals surface area contributed by atoms with Gasteiger partial charge in [-0.15, -0.1) is 0 Å². The number of aromatic nitrogens is 1. The minimum Gasteiger partial charge on any atom is -0.493 e. The molecule has 0 radical (unpaired) electrons. The molecule has 0 fully saturated rings. The highest BCUT2D eigenvalue weighted by Gasteiger charge is 2.19. The fraction of sp³-hybridized carbons (Fsp3) is 0.214. The van der Waals surface area contributed by atoms with Gasteiger partial charge in [0.15, 0.2) is 11.5 Å². The van der Waals surface area contributed by atoms with Crippen molar-refractivity contribution in [3.63, 3.8) is 0 Å². The summed E-state index contributed by atoms with van der Waals surface area (Å²) in [6.07, 6.45) is 5.88. The molecule has 18 heavy (non-hydrogen) atoms. The summed E-state index contributed by atoms with van der Waals surface area (Å²) in [4.78, 5) is 6.51. The Morgan fingerprint density at radius 3 is 2.78 bits per heavy atom. The normalized spacial score (nSPS) is 12.9. The highest BCUT2D eigenvalue weighted by Crippen LogP contribution is 2.42. The highest BCUT2D eigenvalue weighted by molar-refractivity contribution is 6.04. The Bertz CT molecular complexity index is 650. The smallest absolute Gasteiger partial charge is 0.187 e. The van der Waals surface area contributed by atoms with Crippen LogP contribution in [0.4, 0.5) is 5.69 Å². The molecular formula is C14H14N2O2. The van der Waals surface area contributed by atoms with Crippen LogP contribution in [0.3, 0.4) is 0 Å². The van der Waals surface area contributed by atoms with E-state index in [2.05, 4.69) is 16.0 Å². The van der Waals surface area contributed by atoms with Crippen LogP contribution in [0.25, 0.3) is 17.0 Å². The van der Waals surface area contributed by atoms with Crippen LogP contribution < -0.4 is 14.4 Å². The maximum absolute atomic E-state index is 5.43. The van der Waals surface area contributed by atoms with E-state index in [1.54, 1.807) is 20.4 Å². The second-order valence-corrected chi connectivity index (χ2v) is 4.18. The van der Waals surface area contributed by atoms with Gasteiger partial charge in [0.25, 0.3) is 0 Å². The Balaban J connectivity index is 2.46. The minimum atomic E-state index is 0.682. The van der Waals surface area contributed by atoms with Gasteiger partial charge in [-0.2, -0.15) is 0 Å². The summed E-state index contributed by atoms with van der Waals surface area (Å²) in [5.74, 6) is 1.39. The molecule has 3 rings (SSSR count). The first-order valence-electron chi connectivity index (χ1n) is 5.71. The van der Waals surface area contributed by atoms with Crippen LogP contribution in [-0.2, 0) is 0 Å². The van der Waals surface area contributed by atoms with Crippen molar-refractivity contribution >= 4 is 22.7 Å². The van der Waals surface area contributed by atoms with Crippen molar-refractivity contribution < 1.29 is 9.47 Å². The van der Waals surface area contributed by atoms with Crippen LogP contribution in [0.2, 0.25) is 0 Å². The molecule has 1 aliphatic rings. The molecule has 4 heteroatoms. The van der Waals surface area contributed by atoms with E-state index in [-0.39, 0.29) is 0 Å². The van der Waals surface area contributed by atoms with Gasteiger partial charge in [-0.3, -0.25) is 4.98 Å². The Kier molecular flexibility index (Phi) is 2.37. The Hall–Kier alpha value is -2.23. The molecule has 0 atom stereocenters. The largest absolute Gasteiger partial charge is 0.493 e. The van der Waals surface area contributed by atoms with Crippen molar-refractivity contribution in [1.82, 2.24) is 4.98 Å². The van der Waals surface area contributed by atoms with Crippen LogP contribution in [0.5, 0.6) is 11.5 Å². The number of pyridine rings is 1. The van der Waals surface area contributed by atoms with Crippen molar-refractivity contribution in [3.8, 4) is 11.5 Å². The van der Waals surface area contributed by atoms with Gasteiger partial charge >= 0.3 is 0 Å². The third-order valence-electron chi connectivity index (χ3n) is 3.22. The molecule has 2 heterocycles. The SMILES string of the molecule is COc1cc2c3c(ccnc3c1OC)N(C)C=C2. The zero-order valence-electron chi connectivity index (χ0n) is 10.6. The summed E-state index contributed by atoms with van der Waals surface area (Å²) in [6, 6.07) is 3.98. The van der Waals surface area contributed by atoms with Crippen LogP contribution in [0.1, 0.15) is 5.56 Å². The average molecular weight is 242 g/mol. The molecule has 0 N–H and O–H groups in total. The number of ether oxygens (including phenoxy) is 2. The Labute approximate surface area is 105 Å². The zero-order chi connectivity index (χ0) is 12.7. The van der Waals surface area contributed by atoms with E-state index in [0.717, 1.165) is 22.2 Å². The average Bonchev–Trinajstić information content (AvgIpc) is 2.42. The molecule has 1 aromatic heterocycles. The summed E-state index contributed by atoms with van der Waals surface area (Å²) in [7, 11) is 5.29. The first-order chi connectivity index (χ1) is 8.76. The number of nitrogens with zero attached hydrogens (tertiary/aromatic N) is 2. The monoisotopic (exact) mass is 242 g/mol. The molecule has 0 saturated heterocycles. The summed E-state index contributed by atoms with van der Waals surface area (Å²) in [5.41, 5.74) is 3.06. The quantitative estimate of drug-likeness (QED) is 0.811. The van der Waals surface area contributed by atoms with Gasteiger partial charge in [-0.1, -0.05) is 0 Å². The third-order valence-corrected chi connectivity index (χ3v) is 3.22. The zero-order valence-corrected chi connectivity index (χ0v) is 10.6. The molecule has 0 saturated carbocycles. The van der Waals surface area contributed by atoms with Crippen molar-refractivity contribution in [3.05, 3.63) is 30.1 Å². The summed E-state index contributed by atoms with van der Waals surface area (Å²) >= 11 is 0. The number of anilines is 1. The highest BCUT2D eigenvalue weighted by atomic mass is 16.5. The molecular weight excluding hydrogens is 228 g/mol. The van der Waals surface area contributed by atoms with Crippen LogP contribution in [0, 0.1) is 0 Å². The molecule has 4 nitrogen and oxygen atoms in total. The standard InChI is InChI=1S/C14H14N2O2/c1-16-7-5-9-8-11(17-2)14(18-3)13-12(9)10(16)4-6-15-13/h4-8H,1-3H3. The minimum absolute atomic E-state index is 0.682. The summed E-state index contributed by atoms with van der Waals surface area (Å²) < 4.78 is 10.8.